The summed E-state index contributed by atoms with van der Waals surface area (Å²) in [6, 6.07) is 9.82. The molecular weight excluding hydrogens is 266 g/mol. The van der Waals surface area contributed by atoms with Crippen LogP contribution in [0, 0.1) is 0 Å². The predicted octanol–water partition coefficient (Wildman–Crippen LogP) is 3.92. The van der Waals surface area contributed by atoms with Crippen molar-refractivity contribution in [1.82, 2.24) is 0 Å². The lowest BCUT2D eigenvalue weighted by atomic mass is 10.1. The first-order valence-electron chi connectivity index (χ1n) is 5.91. The molecule has 2 aromatic rings. The average molecular weight is 282 g/mol. The van der Waals surface area contributed by atoms with Gasteiger partial charge in [-0.05, 0) is 24.4 Å². The molecule has 0 saturated heterocycles. The minimum absolute atomic E-state index is 0.0107. The van der Waals surface area contributed by atoms with Gasteiger partial charge in [-0.3, -0.25) is 0 Å². The molecule has 1 N–H and O–H groups in total. The number of anilines is 1. The molecule has 0 atom stereocenters. The van der Waals surface area contributed by atoms with Crippen LogP contribution < -0.4 is 4.90 Å². The second-order valence-corrected chi connectivity index (χ2v) is 5.44. The predicted molar refractivity (Wildman–Crippen MR) is 78.4 cm³/mol. The van der Waals surface area contributed by atoms with Gasteiger partial charge in [0.25, 0.3) is 0 Å². The number of hydrogen-bond donors (Lipinski definition) is 1. The Balaban J connectivity index is 2.32. The van der Waals surface area contributed by atoms with Crippen LogP contribution in [0.2, 0.25) is 5.02 Å². The van der Waals surface area contributed by atoms with Crippen LogP contribution in [0.5, 0.6) is 0 Å². The topological polar surface area (TPSA) is 23.5 Å². The van der Waals surface area contributed by atoms with Crippen molar-refractivity contribution in [2.75, 3.05) is 11.4 Å². The van der Waals surface area contributed by atoms with E-state index >= 15 is 0 Å². The highest BCUT2D eigenvalue weighted by atomic mass is 35.5. The summed E-state index contributed by atoms with van der Waals surface area (Å²) >= 11 is 8.01. The van der Waals surface area contributed by atoms with E-state index in [1.807, 2.05) is 24.3 Å². The molecular formula is C14H16ClNOS. The molecule has 0 bridgehead atoms. The van der Waals surface area contributed by atoms with Gasteiger partial charge in [-0.25, -0.2) is 0 Å². The van der Waals surface area contributed by atoms with Crippen molar-refractivity contribution < 1.29 is 5.11 Å². The molecule has 18 heavy (non-hydrogen) atoms. The van der Waals surface area contributed by atoms with Crippen LogP contribution in [0.3, 0.4) is 0 Å². The fourth-order valence-electron chi connectivity index (χ4n) is 1.98. The lowest BCUT2D eigenvalue weighted by Crippen LogP contribution is -2.23. The molecule has 0 unspecified atom stereocenters. The Bertz CT molecular complexity index is 499. The first kappa shape index (κ1) is 13.4. The van der Waals surface area contributed by atoms with Crippen LogP contribution in [0.4, 0.5) is 5.69 Å². The van der Waals surface area contributed by atoms with Crippen LogP contribution >= 0.6 is 22.9 Å². The van der Waals surface area contributed by atoms with E-state index < -0.39 is 0 Å². The molecule has 0 amide bonds. The maximum Gasteiger partial charge on any atom is 0.0702 e. The molecule has 0 saturated carbocycles. The third kappa shape index (κ3) is 2.86. The van der Waals surface area contributed by atoms with E-state index in [1.165, 1.54) is 4.88 Å². The lowest BCUT2D eigenvalue weighted by Gasteiger charge is -2.26. The average Bonchev–Trinajstić information content (AvgIpc) is 2.89. The highest BCUT2D eigenvalue weighted by Crippen LogP contribution is 2.31. The van der Waals surface area contributed by atoms with Gasteiger partial charge in [0, 0.05) is 17.0 Å². The zero-order valence-corrected chi connectivity index (χ0v) is 11.8. The maximum atomic E-state index is 9.43. The number of hydrogen-bond acceptors (Lipinski definition) is 3. The van der Waals surface area contributed by atoms with Crippen LogP contribution in [0.25, 0.3) is 0 Å². The van der Waals surface area contributed by atoms with E-state index in [4.69, 9.17) is 11.6 Å². The third-order valence-electron chi connectivity index (χ3n) is 2.87. The van der Waals surface area contributed by atoms with E-state index in [2.05, 4.69) is 23.3 Å². The van der Waals surface area contributed by atoms with E-state index in [0.29, 0.717) is 5.02 Å². The minimum atomic E-state index is 0.0107. The molecule has 0 fully saturated rings. The van der Waals surface area contributed by atoms with Crippen LogP contribution in [-0.2, 0) is 13.2 Å². The van der Waals surface area contributed by atoms with Gasteiger partial charge in [0.05, 0.1) is 23.9 Å². The Morgan fingerprint density at radius 1 is 1.28 bits per heavy atom. The van der Waals surface area contributed by atoms with E-state index in [1.54, 1.807) is 11.3 Å². The van der Waals surface area contributed by atoms with Gasteiger partial charge in [0.15, 0.2) is 0 Å². The molecule has 0 aliphatic carbocycles. The zero-order valence-electron chi connectivity index (χ0n) is 10.3. The normalized spacial score (nSPS) is 10.6. The SMILES string of the molecule is CCN(Cc1cccs1)c1c(Cl)cccc1CO. The Morgan fingerprint density at radius 2 is 2.11 bits per heavy atom. The summed E-state index contributed by atoms with van der Waals surface area (Å²) in [6.07, 6.45) is 0. The van der Waals surface area contributed by atoms with Crippen LogP contribution in [0.15, 0.2) is 35.7 Å². The Morgan fingerprint density at radius 3 is 2.72 bits per heavy atom. The quantitative estimate of drug-likeness (QED) is 0.898. The molecule has 0 aliphatic heterocycles. The highest BCUT2D eigenvalue weighted by Gasteiger charge is 2.14. The molecule has 96 valence electrons. The molecule has 1 aromatic carbocycles. The summed E-state index contributed by atoms with van der Waals surface area (Å²) in [5, 5.41) is 12.2. The summed E-state index contributed by atoms with van der Waals surface area (Å²) in [4.78, 5) is 3.49. The Kier molecular flexibility index (Phi) is 4.64. The van der Waals surface area contributed by atoms with E-state index in [9.17, 15) is 5.11 Å². The van der Waals surface area contributed by atoms with Crippen molar-refractivity contribution in [2.45, 2.75) is 20.1 Å². The fourth-order valence-corrected chi connectivity index (χ4v) is 3.01. The summed E-state index contributed by atoms with van der Waals surface area (Å²) in [7, 11) is 0. The van der Waals surface area contributed by atoms with Crippen molar-refractivity contribution in [2.24, 2.45) is 0 Å². The summed E-state index contributed by atoms with van der Waals surface area (Å²) in [6.45, 7) is 3.79. The molecule has 0 spiro atoms. The minimum Gasteiger partial charge on any atom is -0.392 e. The molecule has 0 radical (unpaired) electrons. The molecule has 2 nitrogen and oxygen atoms in total. The Hall–Kier alpha value is -1.03. The smallest absolute Gasteiger partial charge is 0.0702 e. The zero-order chi connectivity index (χ0) is 13.0. The molecule has 1 aromatic heterocycles. The first-order chi connectivity index (χ1) is 8.76. The van der Waals surface area contributed by atoms with Crippen molar-refractivity contribution >= 4 is 28.6 Å². The van der Waals surface area contributed by atoms with Crippen LogP contribution in [-0.4, -0.2) is 11.7 Å². The van der Waals surface area contributed by atoms with Crippen molar-refractivity contribution in [3.8, 4) is 0 Å². The standard InChI is InChI=1S/C14H16ClNOS/c1-2-16(9-12-6-4-8-18-12)14-11(10-17)5-3-7-13(14)15/h3-8,17H,2,9-10H2,1H3. The van der Waals surface area contributed by atoms with Crippen molar-refractivity contribution in [1.29, 1.82) is 0 Å². The largest absolute Gasteiger partial charge is 0.392 e. The Labute approximate surface area is 116 Å². The summed E-state index contributed by atoms with van der Waals surface area (Å²) in [5.41, 5.74) is 1.82. The number of rotatable bonds is 5. The van der Waals surface area contributed by atoms with Gasteiger partial charge in [-0.2, -0.15) is 0 Å². The fraction of sp³-hybridized carbons (Fsp3) is 0.286. The summed E-state index contributed by atoms with van der Waals surface area (Å²) < 4.78 is 0. The van der Waals surface area contributed by atoms with Gasteiger partial charge in [0.1, 0.15) is 0 Å². The van der Waals surface area contributed by atoms with Gasteiger partial charge in [0.2, 0.25) is 0 Å². The number of halogens is 1. The lowest BCUT2D eigenvalue weighted by molar-refractivity contribution is 0.282. The number of nitrogens with zero attached hydrogens (tertiary/aromatic N) is 1. The van der Waals surface area contributed by atoms with Gasteiger partial charge in [-0.15, -0.1) is 11.3 Å². The molecule has 2 rings (SSSR count). The first-order valence-corrected chi connectivity index (χ1v) is 7.17. The molecule has 0 aliphatic rings. The number of para-hydroxylation sites is 1. The third-order valence-corrected chi connectivity index (χ3v) is 4.03. The van der Waals surface area contributed by atoms with Gasteiger partial charge < -0.3 is 10.0 Å². The second-order valence-electron chi connectivity index (χ2n) is 4.00. The van der Waals surface area contributed by atoms with E-state index in [0.717, 1.165) is 24.3 Å². The number of benzene rings is 1. The maximum absolute atomic E-state index is 9.43. The number of thiophene rings is 1. The summed E-state index contributed by atoms with van der Waals surface area (Å²) in [5.74, 6) is 0. The second kappa shape index (κ2) is 6.23. The molecule has 4 heteroatoms. The van der Waals surface area contributed by atoms with Crippen molar-refractivity contribution in [3.05, 3.63) is 51.2 Å². The number of aliphatic hydroxyl groups excluding tert-OH is 1. The molecule has 1 heterocycles. The highest BCUT2D eigenvalue weighted by molar-refractivity contribution is 7.09. The van der Waals surface area contributed by atoms with Gasteiger partial charge in [-0.1, -0.05) is 29.8 Å². The van der Waals surface area contributed by atoms with Gasteiger partial charge >= 0.3 is 0 Å². The monoisotopic (exact) mass is 281 g/mol. The van der Waals surface area contributed by atoms with E-state index in [-0.39, 0.29) is 6.61 Å². The van der Waals surface area contributed by atoms with Crippen molar-refractivity contribution in [3.63, 3.8) is 0 Å². The van der Waals surface area contributed by atoms with Crippen LogP contribution in [0.1, 0.15) is 17.4 Å². The number of aliphatic hydroxyl groups is 1.